The minimum absolute atomic E-state index is 0.459. The first-order valence-electron chi connectivity index (χ1n) is 6.32. The summed E-state index contributed by atoms with van der Waals surface area (Å²) >= 11 is 1.86. The van der Waals surface area contributed by atoms with Crippen molar-refractivity contribution in [2.75, 3.05) is 25.4 Å². The van der Waals surface area contributed by atoms with Crippen molar-refractivity contribution in [2.45, 2.75) is 32.8 Å². The molecule has 2 aliphatic heterocycles. The number of rotatable bonds is 3. The summed E-state index contributed by atoms with van der Waals surface area (Å²) in [5, 5.41) is 4.62. The van der Waals surface area contributed by atoms with E-state index in [4.69, 9.17) is 4.74 Å². The van der Waals surface area contributed by atoms with Gasteiger partial charge in [-0.3, -0.25) is 4.99 Å². The third-order valence-corrected chi connectivity index (χ3v) is 4.60. The SMILES string of the molecule is CCC1OCCC1CNC1=NCC(C)CS1. The Labute approximate surface area is 102 Å². The molecular weight excluding hydrogens is 220 g/mol. The van der Waals surface area contributed by atoms with Crippen molar-refractivity contribution in [3.63, 3.8) is 0 Å². The van der Waals surface area contributed by atoms with Crippen LogP contribution in [0.5, 0.6) is 0 Å². The molecule has 0 radical (unpaired) electrons. The fourth-order valence-electron chi connectivity index (χ4n) is 2.26. The van der Waals surface area contributed by atoms with E-state index in [1.165, 1.54) is 12.2 Å². The Morgan fingerprint density at radius 3 is 3.12 bits per heavy atom. The smallest absolute Gasteiger partial charge is 0.156 e. The van der Waals surface area contributed by atoms with Crippen LogP contribution in [0.15, 0.2) is 4.99 Å². The minimum Gasteiger partial charge on any atom is -0.378 e. The summed E-state index contributed by atoms with van der Waals surface area (Å²) < 4.78 is 5.68. The van der Waals surface area contributed by atoms with Crippen molar-refractivity contribution in [1.29, 1.82) is 0 Å². The number of amidine groups is 1. The number of hydrogen-bond acceptors (Lipinski definition) is 4. The van der Waals surface area contributed by atoms with E-state index in [0.717, 1.165) is 37.2 Å². The van der Waals surface area contributed by atoms with Crippen LogP contribution in [0.25, 0.3) is 0 Å². The topological polar surface area (TPSA) is 33.6 Å². The number of aliphatic imine (C=N–C) groups is 1. The molecule has 0 aromatic carbocycles. The van der Waals surface area contributed by atoms with Gasteiger partial charge in [-0.15, -0.1) is 0 Å². The lowest BCUT2D eigenvalue weighted by molar-refractivity contribution is 0.0883. The zero-order chi connectivity index (χ0) is 11.4. The van der Waals surface area contributed by atoms with Gasteiger partial charge in [0, 0.05) is 31.4 Å². The van der Waals surface area contributed by atoms with Crippen molar-refractivity contribution in [3.05, 3.63) is 0 Å². The van der Waals surface area contributed by atoms with Gasteiger partial charge in [0.05, 0.1) is 6.10 Å². The molecule has 0 aromatic heterocycles. The summed E-state index contributed by atoms with van der Waals surface area (Å²) in [6, 6.07) is 0. The van der Waals surface area contributed by atoms with E-state index in [1.54, 1.807) is 0 Å². The lowest BCUT2D eigenvalue weighted by atomic mass is 10.00. The van der Waals surface area contributed by atoms with Gasteiger partial charge in [-0.25, -0.2) is 0 Å². The van der Waals surface area contributed by atoms with Crippen LogP contribution in [0.2, 0.25) is 0 Å². The molecule has 0 bridgehead atoms. The highest BCUT2D eigenvalue weighted by Gasteiger charge is 2.26. The first-order chi connectivity index (χ1) is 7.79. The predicted octanol–water partition coefficient (Wildman–Crippen LogP) is 2.13. The highest BCUT2D eigenvalue weighted by molar-refractivity contribution is 8.13. The monoisotopic (exact) mass is 242 g/mol. The van der Waals surface area contributed by atoms with Gasteiger partial charge in [0.25, 0.3) is 0 Å². The van der Waals surface area contributed by atoms with Crippen LogP contribution in [0.4, 0.5) is 0 Å². The predicted molar refractivity (Wildman–Crippen MR) is 70.1 cm³/mol. The van der Waals surface area contributed by atoms with E-state index < -0.39 is 0 Å². The molecule has 1 saturated heterocycles. The molecule has 4 heteroatoms. The number of ether oxygens (including phenoxy) is 1. The molecule has 0 aliphatic carbocycles. The van der Waals surface area contributed by atoms with Crippen molar-refractivity contribution in [2.24, 2.45) is 16.8 Å². The zero-order valence-corrected chi connectivity index (χ0v) is 11.1. The molecule has 3 unspecified atom stereocenters. The van der Waals surface area contributed by atoms with E-state index in [2.05, 4.69) is 24.2 Å². The maximum Gasteiger partial charge on any atom is 0.156 e. The van der Waals surface area contributed by atoms with E-state index in [9.17, 15) is 0 Å². The van der Waals surface area contributed by atoms with Crippen molar-refractivity contribution in [3.8, 4) is 0 Å². The maximum atomic E-state index is 5.68. The lowest BCUT2D eigenvalue weighted by Crippen LogP contribution is -2.33. The molecule has 0 saturated carbocycles. The molecule has 16 heavy (non-hydrogen) atoms. The summed E-state index contributed by atoms with van der Waals surface area (Å²) in [5.41, 5.74) is 0. The van der Waals surface area contributed by atoms with E-state index >= 15 is 0 Å². The summed E-state index contributed by atoms with van der Waals surface area (Å²) in [6.45, 7) is 7.40. The molecule has 2 rings (SSSR count). The molecule has 1 N–H and O–H groups in total. The molecule has 1 fully saturated rings. The van der Waals surface area contributed by atoms with E-state index in [-0.39, 0.29) is 0 Å². The van der Waals surface area contributed by atoms with Crippen molar-refractivity contribution >= 4 is 16.9 Å². The van der Waals surface area contributed by atoms with Crippen molar-refractivity contribution in [1.82, 2.24) is 5.32 Å². The molecule has 3 nitrogen and oxygen atoms in total. The van der Waals surface area contributed by atoms with Crippen LogP contribution in [-0.2, 0) is 4.74 Å². The van der Waals surface area contributed by atoms with Crippen LogP contribution < -0.4 is 5.32 Å². The molecule has 3 atom stereocenters. The Morgan fingerprint density at radius 2 is 2.44 bits per heavy atom. The standard InChI is InChI=1S/C12H22N2OS/c1-3-11-10(4-5-15-11)7-14-12-13-6-9(2)8-16-12/h9-11H,3-8H2,1-2H3,(H,13,14). The fraction of sp³-hybridized carbons (Fsp3) is 0.917. The van der Waals surface area contributed by atoms with E-state index in [1.807, 2.05) is 11.8 Å². The highest BCUT2D eigenvalue weighted by Crippen LogP contribution is 2.23. The minimum atomic E-state index is 0.459. The number of nitrogens with one attached hydrogen (secondary N) is 1. The maximum absolute atomic E-state index is 5.68. The zero-order valence-electron chi connectivity index (χ0n) is 10.2. The van der Waals surface area contributed by atoms with Gasteiger partial charge in [-0.2, -0.15) is 0 Å². The van der Waals surface area contributed by atoms with E-state index in [0.29, 0.717) is 12.0 Å². The quantitative estimate of drug-likeness (QED) is 0.823. The molecule has 0 spiro atoms. The molecule has 0 aromatic rings. The molecule has 2 heterocycles. The Morgan fingerprint density at radius 1 is 1.56 bits per heavy atom. The summed E-state index contributed by atoms with van der Waals surface area (Å²) in [7, 11) is 0. The van der Waals surface area contributed by atoms with Crippen LogP contribution in [0.1, 0.15) is 26.7 Å². The average molecular weight is 242 g/mol. The van der Waals surface area contributed by atoms with Gasteiger partial charge in [0.2, 0.25) is 0 Å². The van der Waals surface area contributed by atoms with Gasteiger partial charge in [-0.1, -0.05) is 25.6 Å². The normalized spacial score (nSPS) is 34.9. The Balaban J connectivity index is 1.74. The summed E-state index contributed by atoms with van der Waals surface area (Å²) in [6.07, 6.45) is 2.78. The third kappa shape index (κ3) is 3.14. The molecule has 2 aliphatic rings. The molecular formula is C12H22N2OS. The first-order valence-corrected chi connectivity index (χ1v) is 7.31. The third-order valence-electron chi connectivity index (χ3n) is 3.32. The largest absolute Gasteiger partial charge is 0.378 e. The number of thioether (sulfide) groups is 1. The van der Waals surface area contributed by atoms with Gasteiger partial charge >= 0.3 is 0 Å². The fourth-order valence-corrected chi connectivity index (χ4v) is 3.16. The Bertz CT molecular complexity index is 257. The number of nitrogens with zero attached hydrogens (tertiary/aromatic N) is 1. The highest BCUT2D eigenvalue weighted by atomic mass is 32.2. The van der Waals surface area contributed by atoms with Crippen LogP contribution in [0, 0.1) is 11.8 Å². The van der Waals surface area contributed by atoms with Gasteiger partial charge < -0.3 is 10.1 Å². The van der Waals surface area contributed by atoms with Crippen LogP contribution in [0.3, 0.4) is 0 Å². The summed E-state index contributed by atoms with van der Waals surface area (Å²) in [4.78, 5) is 4.55. The van der Waals surface area contributed by atoms with Crippen LogP contribution >= 0.6 is 11.8 Å². The Kier molecular flexibility index (Phi) is 4.53. The molecule has 92 valence electrons. The second-order valence-corrected chi connectivity index (χ2v) is 5.82. The first kappa shape index (κ1) is 12.2. The second-order valence-electron chi connectivity index (χ2n) is 4.81. The Hall–Kier alpha value is -0.220. The summed E-state index contributed by atoms with van der Waals surface area (Å²) in [5.74, 6) is 2.60. The lowest BCUT2D eigenvalue weighted by Gasteiger charge is -2.21. The van der Waals surface area contributed by atoms with Gasteiger partial charge in [-0.05, 0) is 18.8 Å². The van der Waals surface area contributed by atoms with Gasteiger partial charge in [0.15, 0.2) is 5.17 Å². The average Bonchev–Trinajstić information content (AvgIpc) is 2.76. The van der Waals surface area contributed by atoms with Gasteiger partial charge in [0.1, 0.15) is 0 Å². The number of hydrogen-bond donors (Lipinski definition) is 1. The van der Waals surface area contributed by atoms with Crippen molar-refractivity contribution < 1.29 is 4.74 Å². The molecule has 0 amide bonds. The second kappa shape index (κ2) is 5.92. The van der Waals surface area contributed by atoms with Crippen LogP contribution in [-0.4, -0.2) is 36.7 Å².